The number of benzene rings is 1. The molecule has 0 amide bonds. The van der Waals surface area contributed by atoms with Gasteiger partial charge in [-0.25, -0.2) is 0 Å². The van der Waals surface area contributed by atoms with Crippen molar-refractivity contribution in [3.63, 3.8) is 0 Å². The molecule has 1 aromatic carbocycles. The van der Waals surface area contributed by atoms with Crippen LogP contribution in [-0.2, 0) is 6.42 Å². The molecule has 0 aromatic heterocycles. The molecule has 128 valence electrons. The summed E-state index contributed by atoms with van der Waals surface area (Å²) in [6.45, 7) is 2.29. The van der Waals surface area contributed by atoms with Crippen LogP contribution >= 0.6 is 26.2 Å². The third-order valence-electron chi connectivity index (χ3n) is 4.35. The molecule has 0 saturated heterocycles. The van der Waals surface area contributed by atoms with Crippen LogP contribution < -0.4 is 5.30 Å². The Labute approximate surface area is 151 Å². The highest BCUT2D eigenvalue weighted by molar-refractivity contribution is 8.93. The first-order chi connectivity index (χ1) is 10.3. The van der Waals surface area contributed by atoms with Crippen molar-refractivity contribution in [2.75, 3.05) is 0 Å². The summed E-state index contributed by atoms with van der Waals surface area (Å²) in [5.41, 5.74) is 1.51. The van der Waals surface area contributed by atoms with Gasteiger partial charge in [-0.05, 0) is 23.7 Å². The summed E-state index contributed by atoms with van der Waals surface area (Å²) in [5, 5.41) is 1.38. The Kier molecular flexibility index (Phi) is 16.1. The van der Waals surface area contributed by atoms with Crippen molar-refractivity contribution in [2.45, 2.75) is 90.4 Å². The molecule has 1 aromatic rings. The van der Waals surface area contributed by atoms with Crippen molar-refractivity contribution in [3.8, 4) is 0 Å². The average molecular weight is 387 g/mol. The Morgan fingerprint density at radius 3 is 1.64 bits per heavy atom. The molecule has 1 atom stereocenters. The predicted octanol–water partition coefficient (Wildman–Crippen LogP) is 7.01. The molecule has 0 saturated carbocycles. The van der Waals surface area contributed by atoms with Crippen LogP contribution in [-0.4, -0.2) is 0 Å². The minimum Gasteiger partial charge on any atom is -0.114 e. The zero-order valence-electron chi connectivity index (χ0n) is 14.5. The average Bonchev–Trinajstić information content (AvgIpc) is 2.50. The lowest BCUT2D eigenvalue weighted by Gasteiger charge is -2.05. The van der Waals surface area contributed by atoms with E-state index in [1.165, 1.54) is 94.3 Å². The van der Waals surface area contributed by atoms with Gasteiger partial charge in [0.1, 0.15) is 0 Å². The maximum atomic E-state index is 2.85. The lowest BCUT2D eigenvalue weighted by atomic mass is 10.0. The lowest BCUT2D eigenvalue weighted by molar-refractivity contribution is 0.544. The molecule has 0 spiro atoms. The summed E-state index contributed by atoms with van der Waals surface area (Å²) in [4.78, 5) is 0. The molecular weight excluding hydrogens is 351 g/mol. The lowest BCUT2D eigenvalue weighted by Crippen LogP contribution is -2.00. The van der Waals surface area contributed by atoms with Gasteiger partial charge in [0, 0.05) is 0 Å². The number of hydrogen-bond acceptors (Lipinski definition) is 0. The van der Waals surface area contributed by atoms with E-state index in [0.717, 1.165) is 0 Å². The highest BCUT2D eigenvalue weighted by Crippen LogP contribution is 2.13. The summed E-state index contributed by atoms with van der Waals surface area (Å²) >= 11 is 0. The van der Waals surface area contributed by atoms with Crippen molar-refractivity contribution in [2.24, 2.45) is 0 Å². The van der Waals surface area contributed by atoms with E-state index in [1.807, 2.05) is 0 Å². The van der Waals surface area contributed by atoms with Gasteiger partial charge in [-0.15, -0.1) is 26.2 Å². The first kappa shape index (κ1) is 22.1. The quantitative estimate of drug-likeness (QED) is 0.252. The Balaban J connectivity index is 0.00000441. The molecule has 0 aliphatic rings. The molecule has 22 heavy (non-hydrogen) atoms. The second kappa shape index (κ2) is 16.0. The predicted molar refractivity (Wildman–Crippen MR) is 111 cm³/mol. The van der Waals surface area contributed by atoms with Gasteiger partial charge in [0.05, 0.1) is 0 Å². The minimum absolute atomic E-state index is 0. The summed E-state index contributed by atoms with van der Waals surface area (Å²) in [6, 6.07) is 8.73. The molecule has 0 heterocycles. The Morgan fingerprint density at radius 2 is 1.14 bits per heavy atom. The summed E-state index contributed by atoms with van der Waals surface area (Å²) < 4.78 is 0. The molecule has 2 heteroatoms. The second-order valence-electron chi connectivity index (χ2n) is 6.34. The van der Waals surface area contributed by atoms with Crippen molar-refractivity contribution in [1.82, 2.24) is 0 Å². The maximum Gasteiger partial charge on any atom is -0.0271 e. The number of halogens is 1. The van der Waals surface area contributed by atoms with Crippen LogP contribution in [0.5, 0.6) is 0 Å². The Morgan fingerprint density at radius 1 is 0.682 bits per heavy atom. The van der Waals surface area contributed by atoms with Crippen LogP contribution in [0.25, 0.3) is 0 Å². The van der Waals surface area contributed by atoms with E-state index < -0.39 is 0 Å². The van der Waals surface area contributed by atoms with Crippen molar-refractivity contribution >= 4 is 31.5 Å². The van der Waals surface area contributed by atoms with Crippen LogP contribution in [0.2, 0.25) is 0 Å². The molecule has 0 radical (unpaired) electrons. The summed E-state index contributed by atoms with van der Waals surface area (Å²) in [6.07, 6.45) is 18.4. The third-order valence-corrected chi connectivity index (χ3v) is 4.92. The van der Waals surface area contributed by atoms with Gasteiger partial charge in [-0.3, -0.25) is 0 Å². The molecule has 0 aliphatic heterocycles. The van der Waals surface area contributed by atoms with E-state index in [-0.39, 0.29) is 17.0 Å². The normalized spacial score (nSPS) is 10.5. The smallest absolute Gasteiger partial charge is 0.0271 e. The summed E-state index contributed by atoms with van der Waals surface area (Å²) in [7, 11) is 2.85. The van der Waals surface area contributed by atoms with Gasteiger partial charge in [-0.1, -0.05) is 102 Å². The zero-order valence-corrected chi connectivity index (χ0v) is 17.4. The highest BCUT2D eigenvalue weighted by Gasteiger charge is 1.97. The van der Waals surface area contributed by atoms with Gasteiger partial charge in [0.25, 0.3) is 0 Å². The molecule has 0 bridgehead atoms. The van der Waals surface area contributed by atoms with Crippen LogP contribution in [0.15, 0.2) is 24.3 Å². The van der Waals surface area contributed by atoms with Gasteiger partial charge in [-0.2, -0.15) is 0 Å². The van der Waals surface area contributed by atoms with Crippen LogP contribution in [0.1, 0.15) is 89.5 Å². The fraction of sp³-hybridized carbons (Fsp3) is 0.700. The molecular formula is C20H36BrP. The van der Waals surface area contributed by atoms with Crippen molar-refractivity contribution in [1.29, 1.82) is 0 Å². The third kappa shape index (κ3) is 11.7. The largest absolute Gasteiger partial charge is 0.114 e. The number of unbranched alkanes of at least 4 members (excludes halogenated alkanes) is 11. The number of hydrogen-bond donors (Lipinski definition) is 0. The van der Waals surface area contributed by atoms with Crippen molar-refractivity contribution in [3.05, 3.63) is 29.8 Å². The van der Waals surface area contributed by atoms with Crippen molar-refractivity contribution < 1.29 is 0 Å². The minimum atomic E-state index is 0. The zero-order chi connectivity index (χ0) is 15.2. The molecule has 1 unspecified atom stereocenters. The van der Waals surface area contributed by atoms with Gasteiger partial charge < -0.3 is 0 Å². The van der Waals surface area contributed by atoms with E-state index in [9.17, 15) is 0 Å². The number of rotatable bonds is 13. The molecule has 0 nitrogen and oxygen atoms in total. The first-order valence-electron chi connectivity index (χ1n) is 9.18. The monoisotopic (exact) mass is 386 g/mol. The Hall–Kier alpha value is 0.130. The maximum absolute atomic E-state index is 2.85. The Bertz CT molecular complexity index is 351. The van der Waals surface area contributed by atoms with Gasteiger partial charge in [0.15, 0.2) is 0 Å². The van der Waals surface area contributed by atoms with E-state index in [0.29, 0.717) is 0 Å². The SMILES string of the molecule is Br.CCCCCCCCCCCCCCc1ccccc1P. The fourth-order valence-corrected chi connectivity index (χ4v) is 3.27. The molecule has 0 aliphatic carbocycles. The number of aryl methyl sites for hydroxylation is 1. The van der Waals surface area contributed by atoms with E-state index >= 15 is 0 Å². The first-order valence-corrected chi connectivity index (χ1v) is 9.75. The molecule has 0 N–H and O–H groups in total. The van der Waals surface area contributed by atoms with Crippen LogP contribution in [0, 0.1) is 0 Å². The van der Waals surface area contributed by atoms with E-state index in [4.69, 9.17) is 0 Å². The van der Waals surface area contributed by atoms with Gasteiger partial charge >= 0.3 is 0 Å². The van der Waals surface area contributed by atoms with Crippen LogP contribution in [0.4, 0.5) is 0 Å². The molecule has 1 rings (SSSR count). The van der Waals surface area contributed by atoms with Crippen LogP contribution in [0.3, 0.4) is 0 Å². The topological polar surface area (TPSA) is 0 Å². The second-order valence-corrected chi connectivity index (χ2v) is 6.96. The fourth-order valence-electron chi connectivity index (χ4n) is 2.92. The highest BCUT2D eigenvalue weighted by atomic mass is 79.9. The van der Waals surface area contributed by atoms with Gasteiger partial charge in [0.2, 0.25) is 0 Å². The standard InChI is InChI=1S/C20H35P.BrH/c1-2-3-4-5-6-7-8-9-10-11-12-13-16-19-17-14-15-18-20(19)21;/h14-15,17-18H,2-13,16,21H2,1H3;1H. The van der Waals surface area contributed by atoms with E-state index in [2.05, 4.69) is 40.4 Å². The van der Waals surface area contributed by atoms with E-state index in [1.54, 1.807) is 0 Å². The molecule has 0 fully saturated rings. The summed E-state index contributed by atoms with van der Waals surface area (Å²) in [5.74, 6) is 0.